The molecule has 0 aromatic carbocycles. The Morgan fingerprint density at radius 2 is 0.941 bits per heavy atom. The summed E-state index contributed by atoms with van der Waals surface area (Å²) in [7, 11) is 0. The Bertz CT molecular complexity index is 491. The monoisotopic (exact) mass is 473 g/mol. The molecule has 0 aliphatic rings. The molecule has 0 N–H and O–H groups in total. The third-order valence-electron chi connectivity index (χ3n) is 6.75. The van der Waals surface area contributed by atoms with E-state index in [1.807, 2.05) is 12.4 Å². The molecule has 0 aromatic rings. The molecule has 0 aliphatic carbocycles. The lowest BCUT2D eigenvalue weighted by atomic mass is 9.97. The largest absolute Gasteiger partial charge is 0.294 e. The van der Waals surface area contributed by atoms with E-state index in [9.17, 15) is 9.59 Å². The van der Waals surface area contributed by atoms with Crippen LogP contribution in [0.2, 0.25) is 0 Å². The molecule has 2 nitrogen and oxygen atoms in total. The lowest BCUT2D eigenvalue weighted by Crippen LogP contribution is -2.13. The van der Waals surface area contributed by atoms with Crippen molar-refractivity contribution in [2.75, 3.05) is 0 Å². The summed E-state index contributed by atoms with van der Waals surface area (Å²) in [6, 6.07) is 0. The summed E-state index contributed by atoms with van der Waals surface area (Å²) in [5.41, 5.74) is 0. The second-order valence-corrected chi connectivity index (χ2v) is 10.1. The number of carbonyl (C=O) groups is 1. The van der Waals surface area contributed by atoms with Crippen LogP contribution in [0, 0.1) is 5.92 Å². The molecule has 197 valence electrons. The zero-order chi connectivity index (χ0) is 25.0. The molecule has 1 radical (unpaired) electrons. The third-order valence-corrected chi connectivity index (χ3v) is 6.75. The molecule has 1 atom stereocenters. The average Bonchev–Trinajstić information content (AvgIpc) is 2.85. The molecular weight excluding hydrogens is 416 g/mol. The van der Waals surface area contributed by atoms with Crippen molar-refractivity contribution in [3.63, 3.8) is 0 Å². The average molecular weight is 474 g/mol. The first-order valence-corrected chi connectivity index (χ1v) is 15.0. The van der Waals surface area contributed by atoms with Gasteiger partial charge < -0.3 is 0 Å². The van der Waals surface area contributed by atoms with Crippen molar-refractivity contribution >= 4 is 12.1 Å². The summed E-state index contributed by atoms with van der Waals surface area (Å²) in [6.07, 6.45) is 38.6. The van der Waals surface area contributed by atoms with Crippen LogP contribution < -0.4 is 0 Å². The topological polar surface area (TPSA) is 34.1 Å². The second-order valence-electron chi connectivity index (χ2n) is 10.1. The maximum Gasteiger partial charge on any atom is 0.209 e. The third kappa shape index (κ3) is 24.0. The van der Waals surface area contributed by atoms with Gasteiger partial charge >= 0.3 is 0 Å². The Balaban J connectivity index is 3.58. The molecule has 0 bridgehead atoms. The molecule has 0 rings (SSSR count). The molecule has 1 unspecified atom stereocenters. The highest BCUT2D eigenvalue weighted by Crippen LogP contribution is 2.14. The van der Waals surface area contributed by atoms with Crippen molar-refractivity contribution in [1.29, 1.82) is 0 Å². The summed E-state index contributed by atoms with van der Waals surface area (Å²) in [5, 5.41) is 0. The van der Waals surface area contributed by atoms with E-state index >= 15 is 0 Å². The highest BCUT2D eigenvalue weighted by molar-refractivity contribution is 6.00. The van der Waals surface area contributed by atoms with E-state index in [1.165, 1.54) is 109 Å². The van der Waals surface area contributed by atoms with Gasteiger partial charge in [0.15, 0.2) is 5.78 Å². The SMILES string of the molecule is CCCCCC/C=C\CCCCCCC([C]=O)C(=O)C=CCCCCCCCCCCCCC. The number of hydrogen-bond acceptors (Lipinski definition) is 2. The maximum absolute atomic E-state index is 12.2. The number of unbranched alkanes of at least 4 members (excludes halogenated alkanes) is 19. The molecule has 0 aliphatic heterocycles. The van der Waals surface area contributed by atoms with Crippen molar-refractivity contribution < 1.29 is 9.59 Å². The molecule has 0 spiro atoms. The number of carbonyl (C=O) groups excluding carboxylic acids is 2. The minimum atomic E-state index is -0.559. The first-order chi connectivity index (χ1) is 16.8. The minimum Gasteiger partial charge on any atom is -0.294 e. The van der Waals surface area contributed by atoms with Gasteiger partial charge in [0.25, 0.3) is 0 Å². The summed E-state index contributed by atoms with van der Waals surface area (Å²) in [4.78, 5) is 23.5. The van der Waals surface area contributed by atoms with Crippen LogP contribution in [-0.2, 0) is 9.59 Å². The van der Waals surface area contributed by atoms with Gasteiger partial charge in [-0.15, -0.1) is 0 Å². The van der Waals surface area contributed by atoms with Gasteiger partial charge in [-0.3, -0.25) is 9.59 Å². The molecule has 0 saturated heterocycles. The molecule has 2 heteroatoms. The van der Waals surface area contributed by atoms with E-state index in [0.29, 0.717) is 6.42 Å². The normalized spacial score (nSPS) is 12.6. The zero-order valence-electron chi connectivity index (χ0n) is 23.0. The fraction of sp³-hybridized carbons (Fsp3) is 0.812. The quantitative estimate of drug-likeness (QED) is 0.0514. The van der Waals surface area contributed by atoms with Crippen molar-refractivity contribution in [3.05, 3.63) is 24.3 Å². The van der Waals surface area contributed by atoms with Gasteiger partial charge in [0.1, 0.15) is 0 Å². The zero-order valence-corrected chi connectivity index (χ0v) is 23.0. The lowest BCUT2D eigenvalue weighted by molar-refractivity contribution is -0.116. The Hall–Kier alpha value is -1.18. The van der Waals surface area contributed by atoms with Gasteiger partial charge in [-0.2, -0.15) is 0 Å². The van der Waals surface area contributed by atoms with Crippen molar-refractivity contribution in [2.45, 2.75) is 162 Å². The van der Waals surface area contributed by atoms with Crippen molar-refractivity contribution in [3.8, 4) is 0 Å². The molecule has 0 saturated carbocycles. The van der Waals surface area contributed by atoms with Gasteiger partial charge in [-0.05, 0) is 51.0 Å². The number of rotatable bonds is 27. The van der Waals surface area contributed by atoms with Crippen LogP contribution in [0.4, 0.5) is 0 Å². The minimum absolute atomic E-state index is 0.0518. The van der Waals surface area contributed by atoms with Crippen LogP contribution >= 0.6 is 0 Å². The van der Waals surface area contributed by atoms with Crippen LogP contribution in [0.1, 0.15) is 162 Å². The molecule has 0 fully saturated rings. The summed E-state index contributed by atoms with van der Waals surface area (Å²) >= 11 is 0. The van der Waals surface area contributed by atoms with Crippen LogP contribution in [0.3, 0.4) is 0 Å². The maximum atomic E-state index is 12.2. The predicted molar refractivity (Wildman–Crippen MR) is 150 cm³/mol. The molecule has 0 heterocycles. The molecular formula is C32H57O2. The molecule has 34 heavy (non-hydrogen) atoms. The summed E-state index contributed by atoms with van der Waals surface area (Å²) in [5.74, 6) is -0.610. The Labute approximate surface area is 213 Å². The van der Waals surface area contributed by atoms with E-state index in [-0.39, 0.29) is 5.78 Å². The van der Waals surface area contributed by atoms with Crippen LogP contribution in [0.25, 0.3) is 0 Å². The van der Waals surface area contributed by atoms with Crippen LogP contribution in [-0.4, -0.2) is 12.1 Å². The summed E-state index contributed by atoms with van der Waals surface area (Å²) < 4.78 is 0. The first kappa shape index (κ1) is 32.8. The standard InChI is InChI=1S/C32H57O2/c1-3-5-7-9-11-13-15-17-19-21-23-25-27-29-32(34)31(30-33)28-26-24-22-20-18-16-14-12-10-8-6-4-2/h14,16,27,29,31H,3-13,15,17-26,28H2,1-2H3/b16-14-,29-27?. The fourth-order valence-corrected chi connectivity index (χ4v) is 4.39. The highest BCUT2D eigenvalue weighted by atomic mass is 16.1. The highest BCUT2D eigenvalue weighted by Gasteiger charge is 2.15. The lowest BCUT2D eigenvalue weighted by Gasteiger charge is -2.05. The van der Waals surface area contributed by atoms with Gasteiger partial charge in [-0.1, -0.05) is 135 Å². The van der Waals surface area contributed by atoms with E-state index in [2.05, 4.69) is 26.0 Å². The van der Waals surface area contributed by atoms with E-state index in [4.69, 9.17) is 0 Å². The fourth-order valence-electron chi connectivity index (χ4n) is 4.39. The van der Waals surface area contributed by atoms with E-state index in [1.54, 1.807) is 6.08 Å². The van der Waals surface area contributed by atoms with Crippen LogP contribution in [0.5, 0.6) is 0 Å². The Kier molecular flexibility index (Phi) is 27.1. The van der Waals surface area contributed by atoms with Crippen molar-refractivity contribution in [1.82, 2.24) is 0 Å². The van der Waals surface area contributed by atoms with E-state index in [0.717, 1.165) is 32.1 Å². The van der Waals surface area contributed by atoms with Crippen LogP contribution in [0.15, 0.2) is 24.3 Å². The Morgan fingerprint density at radius 3 is 1.41 bits per heavy atom. The molecule has 0 aromatic heterocycles. The number of ketones is 1. The van der Waals surface area contributed by atoms with Gasteiger partial charge in [0, 0.05) is 0 Å². The Morgan fingerprint density at radius 1 is 0.559 bits per heavy atom. The van der Waals surface area contributed by atoms with E-state index < -0.39 is 5.92 Å². The molecule has 0 amide bonds. The number of allylic oxidation sites excluding steroid dienone is 4. The van der Waals surface area contributed by atoms with Crippen molar-refractivity contribution in [2.24, 2.45) is 5.92 Å². The summed E-state index contributed by atoms with van der Waals surface area (Å²) in [6.45, 7) is 4.52. The van der Waals surface area contributed by atoms with Gasteiger partial charge in [-0.25, -0.2) is 0 Å². The second kappa shape index (κ2) is 28.1. The number of hydrogen-bond donors (Lipinski definition) is 0. The predicted octanol–water partition coefficient (Wildman–Crippen LogP) is 10.4. The van der Waals surface area contributed by atoms with Gasteiger partial charge in [0.2, 0.25) is 6.29 Å². The smallest absolute Gasteiger partial charge is 0.209 e. The van der Waals surface area contributed by atoms with Gasteiger partial charge in [0.05, 0.1) is 5.92 Å². The first-order valence-electron chi connectivity index (χ1n) is 15.0.